The van der Waals surface area contributed by atoms with E-state index in [4.69, 9.17) is 4.74 Å². The largest absolute Gasteiger partial charge is 0.489 e. The van der Waals surface area contributed by atoms with E-state index in [2.05, 4.69) is 17.2 Å². The number of piperidine rings is 1. The molecule has 5 nitrogen and oxygen atoms in total. The minimum Gasteiger partial charge on any atom is -0.489 e. The highest BCUT2D eigenvalue weighted by Crippen LogP contribution is 2.21. The number of ether oxygens (including phenoxy) is 1. The van der Waals surface area contributed by atoms with Gasteiger partial charge >= 0.3 is 6.03 Å². The Bertz CT molecular complexity index is 718. The van der Waals surface area contributed by atoms with Gasteiger partial charge < -0.3 is 15.0 Å². The molecule has 27 heavy (non-hydrogen) atoms. The van der Waals surface area contributed by atoms with Crippen molar-refractivity contribution in [3.05, 3.63) is 59.9 Å². The highest BCUT2D eigenvalue weighted by molar-refractivity contribution is 5.74. The lowest BCUT2D eigenvalue weighted by Gasteiger charge is -2.33. The van der Waals surface area contributed by atoms with Gasteiger partial charge in [0.1, 0.15) is 12.4 Å². The highest BCUT2D eigenvalue weighted by Gasteiger charge is 2.23. The molecule has 1 aliphatic heterocycles. The second-order valence-corrected chi connectivity index (χ2v) is 7.25. The average molecular weight is 367 g/mol. The van der Waals surface area contributed by atoms with Crippen molar-refractivity contribution in [1.29, 1.82) is 0 Å². The van der Waals surface area contributed by atoms with Gasteiger partial charge in [-0.05, 0) is 49.4 Å². The predicted molar refractivity (Wildman–Crippen MR) is 107 cm³/mol. The maximum Gasteiger partial charge on any atom is 0.317 e. The Labute approximate surface area is 161 Å². The van der Waals surface area contributed by atoms with E-state index >= 15 is 0 Å². The molecule has 3 rings (SSSR count). The Balaban J connectivity index is 1.51. The molecule has 0 aliphatic carbocycles. The third-order valence-electron chi connectivity index (χ3n) is 5.23. The number of likely N-dealkylation sites (tertiary alicyclic amines) is 1. The quantitative estimate of drug-likeness (QED) is 0.815. The molecule has 1 aliphatic rings. The number of amides is 2. The number of carbonyl (C=O) groups excluding carboxylic acids is 1. The molecule has 1 aromatic carbocycles. The molecule has 1 fully saturated rings. The summed E-state index contributed by atoms with van der Waals surface area (Å²) in [6, 6.07) is 11.8. The van der Waals surface area contributed by atoms with Crippen LogP contribution in [0.5, 0.6) is 5.75 Å². The van der Waals surface area contributed by atoms with E-state index in [-0.39, 0.29) is 12.1 Å². The molecule has 2 aromatic rings. The summed E-state index contributed by atoms with van der Waals surface area (Å²) in [5.41, 5.74) is 2.11. The molecule has 5 heteroatoms. The van der Waals surface area contributed by atoms with E-state index in [1.807, 2.05) is 48.2 Å². The van der Waals surface area contributed by atoms with Gasteiger partial charge in [-0.25, -0.2) is 4.79 Å². The highest BCUT2D eigenvalue weighted by atomic mass is 16.5. The van der Waals surface area contributed by atoms with Crippen molar-refractivity contribution < 1.29 is 9.53 Å². The van der Waals surface area contributed by atoms with Crippen LogP contribution in [0.3, 0.4) is 0 Å². The molecular formula is C22H29N3O2. The first kappa shape index (κ1) is 19.2. The van der Waals surface area contributed by atoms with Crippen LogP contribution in [0.1, 0.15) is 50.3 Å². The lowest BCUT2D eigenvalue weighted by atomic mass is 9.96. The Morgan fingerprint density at radius 3 is 2.85 bits per heavy atom. The molecule has 2 amide bonds. The smallest absolute Gasteiger partial charge is 0.317 e. The van der Waals surface area contributed by atoms with Crippen LogP contribution in [0.25, 0.3) is 0 Å². The Morgan fingerprint density at radius 1 is 1.33 bits per heavy atom. The molecule has 2 unspecified atom stereocenters. The van der Waals surface area contributed by atoms with Gasteiger partial charge in [-0.2, -0.15) is 0 Å². The summed E-state index contributed by atoms with van der Waals surface area (Å²) < 4.78 is 5.79. The summed E-state index contributed by atoms with van der Waals surface area (Å²) in [5.74, 6) is 1.44. The fourth-order valence-electron chi connectivity index (χ4n) is 3.45. The Hall–Kier alpha value is -2.56. The monoisotopic (exact) mass is 367 g/mol. The zero-order chi connectivity index (χ0) is 19.1. The maximum atomic E-state index is 12.6. The summed E-state index contributed by atoms with van der Waals surface area (Å²) in [6.45, 7) is 6.44. The molecule has 2 atom stereocenters. The second kappa shape index (κ2) is 9.40. The van der Waals surface area contributed by atoms with Crippen molar-refractivity contribution >= 4 is 6.03 Å². The van der Waals surface area contributed by atoms with E-state index < -0.39 is 0 Å². The van der Waals surface area contributed by atoms with Crippen molar-refractivity contribution in [3.8, 4) is 5.75 Å². The van der Waals surface area contributed by atoms with E-state index in [1.165, 1.54) is 6.42 Å². The molecule has 144 valence electrons. The first-order chi connectivity index (χ1) is 13.2. The van der Waals surface area contributed by atoms with E-state index in [0.29, 0.717) is 12.5 Å². The third-order valence-corrected chi connectivity index (χ3v) is 5.23. The molecule has 0 radical (unpaired) electrons. The lowest BCUT2D eigenvalue weighted by molar-refractivity contribution is 0.161. The number of nitrogens with zero attached hydrogens (tertiary/aromatic N) is 2. The van der Waals surface area contributed by atoms with Gasteiger partial charge in [0.2, 0.25) is 0 Å². The number of hydrogen-bond acceptors (Lipinski definition) is 3. The van der Waals surface area contributed by atoms with Gasteiger partial charge in [0, 0.05) is 31.0 Å². The fraction of sp³-hybridized carbons (Fsp3) is 0.455. The third kappa shape index (κ3) is 5.46. The Morgan fingerprint density at radius 2 is 2.15 bits per heavy atom. The number of rotatable bonds is 6. The van der Waals surface area contributed by atoms with E-state index in [9.17, 15) is 4.79 Å². The lowest BCUT2D eigenvalue weighted by Crippen LogP contribution is -2.46. The molecule has 2 heterocycles. The van der Waals surface area contributed by atoms with Gasteiger partial charge in [0.25, 0.3) is 0 Å². The molecule has 1 saturated heterocycles. The number of hydrogen-bond donors (Lipinski definition) is 1. The molecule has 0 spiro atoms. The zero-order valence-corrected chi connectivity index (χ0v) is 16.2. The first-order valence-corrected chi connectivity index (χ1v) is 9.82. The molecule has 1 N–H and O–H groups in total. The second-order valence-electron chi connectivity index (χ2n) is 7.25. The van der Waals surface area contributed by atoms with Crippen LogP contribution >= 0.6 is 0 Å². The van der Waals surface area contributed by atoms with Gasteiger partial charge in [-0.15, -0.1) is 0 Å². The number of pyridine rings is 1. The maximum absolute atomic E-state index is 12.6. The van der Waals surface area contributed by atoms with Crippen LogP contribution in [-0.2, 0) is 6.61 Å². The van der Waals surface area contributed by atoms with Gasteiger partial charge in [0.15, 0.2) is 0 Å². The predicted octanol–water partition coefficient (Wildman–Crippen LogP) is 4.55. The fourth-order valence-corrected chi connectivity index (χ4v) is 3.45. The number of urea groups is 1. The standard InChI is InChI=1S/C22H29N3O2/c1-3-18-7-5-13-25(15-18)22(26)24-17(2)20-8-10-21(11-9-20)27-16-19-6-4-12-23-14-19/h4,6,8-12,14,17-18H,3,5,7,13,15-16H2,1-2H3,(H,24,26). The number of nitrogens with one attached hydrogen (secondary N) is 1. The normalized spacial score (nSPS) is 18.0. The summed E-state index contributed by atoms with van der Waals surface area (Å²) in [7, 11) is 0. The first-order valence-electron chi connectivity index (χ1n) is 9.82. The van der Waals surface area contributed by atoms with Crippen molar-refractivity contribution in [2.45, 2.75) is 45.8 Å². The summed E-state index contributed by atoms with van der Waals surface area (Å²) in [4.78, 5) is 18.6. The summed E-state index contributed by atoms with van der Waals surface area (Å²) in [6.07, 6.45) is 7.02. The Kier molecular flexibility index (Phi) is 6.69. The van der Waals surface area contributed by atoms with Crippen LogP contribution < -0.4 is 10.1 Å². The van der Waals surface area contributed by atoms with Crippen LogP contribution in [0.15, 0.2) is 48.8 Å². The van der Waals surface area contributed by atoms with E-state index in [1.54, 1.807) is 12.4 Å². The molecular weight excluding hydrogens is 338 g/mol. The van der Waals surface area contributed by atoms with Crippen LogP contribution in [0.2, 0.25) is 0 Å². The van der Waals surface area contributed by atoms with Crippen molar-refractivity contribution in [2.24, 2.45) is 5.92 Å². The number of carbonyl (C=O) groups is 1. The number of benzene rings is 1. The summed E-state index contributed by atoms with van der Waals surface area (Å²) >= 11 is 0. The SMILES string of the molecule is CCC1CCCN(C(=O)NC(C)c2ccc(OCc3cccnc3)cc2)C1. The van der Waals surface area contributed by atoms with Crippen molar-refractivity contribution in [2.75, 3.05) is 13.1 Å². The van der Waals surface area contributed by atoms with Crippen LogP contribution in [-0.4, -0.2) is 29.0 Å². The number of aromatic nitrogens is 1. The van der Waals surface area contributed by atoms with E-state index in [0.717, 1.165) is 42.8 Å². The summed E-state index contributed by atoms with van der Waals surface area (Å²) in [5, 5.41) is 3.13. The molecule has 0 saturated carbocycles. The van der Waals surface area contributed by atoms with Crippen LogP contribution in [0, 0.1) is 5.92 Å². The average Bonchev–Trinajstić information content (AvgIpc) is 2.73. The topological polar surface area (TPSA) is 54.5 Å². The van der Waals surface area contributed by atoms with Crippen LogP contribution in [0.4, 0.5) is 4.79 Å². The zero-order valence-electron chi connectivity index (χ0n) is 16.2. The molecule has 0 bridgehead atoms. The van der Waals surface area contributed by atoms with Crippen molar-refractivity contribution in [3.63, 3.8) is 0 Å². The minimum atomic E-state index is -0.0353. The van der Waals surface area contributed by atoms with Crippen molar-refractivity contribution in [1.82, 2.24) is 15.2 Å². The van der Waals surface area contributed by atoms with Gasteiger partial charge in [0.05, 0.1) is 6.04 Å². The van der Waals surface area contributed by atoms with Gasteiger partial charge in [-0.3, -0.25) is 4.98 Å². The molecule has 1 aromatic heterocycles. The minimum absolute atomic E-state index is 0.0353. The van der Waals surface area contributed by atoms with Gasteiger partial charge in [-0.1, -0.05) is 31.5 Å².